The Balaban J connectivity index is 2.62. The van der Waals surface area contributed by atoms with Crippen molar-refractivity contribution in [1.82, 2.24) is 10.2 Å². The molecule has 0 aliphatic carbocycles. The zero-order valence-electron chi connectivity index (χ0n) is 11.7. The molecule has 2 amide bonds. The standard InChI is InChI=1S/C14H20N2O4/c1-11(12-6-4-3-5-7-12)15-14(19)16(8-9-20-2)10-13(17)18/h3-7,11H,8-10H2,1-2H3,(H,15,19)(H,17,18). The highest BCUT2D eigenvalue weighted by atomic mass is 16.5. The smallest absolute Gasteiger partial charge is 0.323 e. The molecule has 0 fully saturated rings. The molecule has 0 saturated carbocycles. The molecule has 1 rings (SSSR count). The Labute approximate surface area is 118 Å². The summed E-state index contributed by atoms with van der Waals surface area (Å²) < 4.78 is 4.88. The maximum atomic E-state index is 12.1. The molecule has 0 spiro atoms. The van der Waals surface area contributed by atoms with Crippen LogP contribution in [0.2, 0.25) is 0 Å². The largest absolute Gasteiger partial charge is 0.480 e. The number of benzene rings is 1. The first-order valence-corrected chi connectivity index (χ1v) is 6.35. The second-order valence-corrected chi connectivity index (χ2v) is 4.39. The van der Waals surface area contributed by atoms with Crippen molar-refractivity contribution in [2.24, 2.45) is 0 Å². The minimum Gasteiger partial charge on any atom is -0.480 e. The number of rotatable bonds is 7. The van der Waals surface area contributed by atoms with Crippen molar-refractivity contribution < 1.29 is 19.4 Å². The minimum atomic E-state index is -1.05. The zero-order chi connectivity index (χ0) is 15.0. The number of aliphatic carboxylic acids is 1. The van der Waals surface area contributed by atoms with E-state index in [-0.39, 0.29) is 19.1 Å². The number of carbonyl (C=O) groups excluding carboxylic acids is 1. The number of carboxylic acid groups (broad SMARTS) is 1. The van der Waals surface area contributed by atoms with E-state index in [0.717, 1.165) is 5.56 Å². The van der Waals surface area contributed by atoms with Crippen LogP contribution in [0.15, 0.2) is 30.3 Å². The van der Waals surface area contributed by atoms with Crippen molar-refractivity contribution in [2.75, 3.05) is 26.8 Å². The number of hydrogen-bond acceptors (Lipinski definition) is 3. The number of nitrogens with one attached hydrogen (secondary N) is 1. The average Bonchev–Trinajstić information content (AvgIpc) is 2.43. The molecular formula is C14H20N2O4. The van der Waals surface area contributed by atoms with Gasteiger partial charge in [0.25, 0.3) is 0 Å². The molecule has 1 atom stereocenters. The van der Waals surface area contributed by atoms with Gasteiger partial charge in [0, 0.05) is 13.7 Å². The summed E-state index contributed by atoms with van der Waals surface area (Å²) in [6.07, 6.45) is 0. The third kappa shape index (κ3) is 5.27. The quantitative estimate of drug-likeness (QED) is 0.793. The van der Waals surface area contributed by atoms with Crippen molar-refractivity contribution in [2.45, 2.75) is 13.0 Å². The molecular weight excluding hydrogens is 260 g/mol. The van der Waals surface area contributed by atoms with Gasteiger partial charge in [0.15, 0.2) is 0 Å². The van der Waals surface area contributed by atoms with E-state index in [1.165, 1.54) is 12.0 Å². The Morgan fingerprint density at radius 2 is 2.00 bits per heavy atom. The van der Waals surface area contributed by atoms with E-state index in [4.69, 9.17) is 9.84 Å². The van der Waals surface area contributed by atoms with Gasteiger partial charge in [-0.15, -0.1) is 0 Å². The van der Waals surface area contributed by atoms with Gasteiger partial charge in [-0.1, -0.05) is 30.3 Å². The van der Waals surface area contributed by atoms with Gasteiger partial charge in [0.2, 0.25) is 0 Å². The molecule has 2 N–H and O–H groups in total. The van der Waals surface area contributed by atoms with Crippen molar-refractivity contribution in [3.05, 3.63) is 35.9 Å². The average molecular weight is 280 g/mol. The lowest BCUT2D eigenvalue weighted by molar-refractivity contribution is -0.137. The van der Waals surface area contributed by atoms with E-state index in [2.05, 4.69) is 5.32 Å². The molecule has 0 aliphatic rings. The van der Waals surface area contributed by atoms with Crippen LogP contribution in [0.5, 0.6) is 0 Å². The molecule has 1 unspecified atom stereocenters. The fraction of sp³-hybridized carbons (Fsp3) is 0.429. The van der Waals surface area contributed by atoms with E-state index in [0.29, 0.717) is 6.61 Å². The van der Waals surface area contributed by atoms with Crippen LogP contribution in [0.25, 0.3) is 0 Å². The van der Waals surface area contributed by atoms with Gasteiger partial charge in [0.1, 0.15) is 6.54 Å². The molecule has 0 aromatic heterocycles. The van der Waals surface area contributed by atoms with E-state index in [1.807, 2.05) is 37.3 Å². The van der Waals surface area contributed by atoms with Crippen LogP contribution in [-0.2, 0) is 9.53 Å². The number of carbonyl (C=O) groups is 2. The minimum absolute atomic E-state index is 0.192. The fourth-order valence-electron chi connectivity index (χ4n) is 1.72. The van der Waals surface area contributed by atoms with Crippen molar-refractivity contribution >= 4 is 12.0 Å². The van der Waals surface area contributed by atoms with Gasteiger partial charge in [-0.05, 0) is 12.5 Å². The third-order valence-corrected chi connectivity index (χ3v) is 2.82. The van der Waals surface area contributed by atoms with E-state index < -0.39 is 12.0 Å². The number of methoxy groups -OCH3 is 1. The van der Waals surface area contributed by atoms with Gasteiger partial charge >= 0.3 is 12.0 Å². The Hall–Kier alpha value is -2.08. The van der Waals surface area contributed by atoms with Crippen LogP contribution in [0.1, 0.15) is 18.5 Å². The molecule has 110 valence electrons. The van der Waals surface area contributed by atoms with Crippen LogP contribution < -0.4 is 5.32 Å². The molecule has 0 radical (unpaired) electrons. The SMILES string of the molecule is COCCN(CC(=O)O)C(=O)NC(C)c1ccccc1. The summed E-state index contributed by atoms with van der Waals surface area (Å²) in [4.78, 5) is 24.0. The highest BCUT2D eigenvalue weighted by Gasteiger charge is 2.18. The van der Waals surface area contributed by atoms with Crippen LogP contribution in [0.4, 0.5) is 4.79 Å². The van der Waals surface area contributed by atoms with Gasteiger partial charge < -0.3 is 20.1 Å². The molecule has 6 heteroatoms. The van der Waals surface area contributed by atoms with E-state index in [9.17, 15) is 9.59 Å². The van der Waals surface area contributed by atoms with Crippen LogP contribution in [0.3, 0.4) is 0 Å². The van der Waals surface area contributed by atoms with Gasteiger partial charge in [-0.2, -0.15) is 0 Å². The predicted octanol–water partition coefficient (Wildman–Crippen LogP) is 1.49. The zero-order valence-corrected chi connectivity index (χ0v) is 11.7. The van der Waals surface area contributed by atoms with Crippen molar-refractivity contribution in [3.63, 3.8) is 0 Å². The van der Waals surface area contributed by atoms with Gasteiger partial charge in [-0.25, -0.2) is 4.79 Å². The second-order valence-electron chi connectivity index (χ2n) is 4.39. The van der Waals surface area contributed by atoms with Crippen molar-refractivity contribution in [1.29, 1.82) is 0 Å². The number of carboxylic acids is 1. The number of amides is 2. The van der Waals surface area contributed by atoms with Crippen LogP contribution in [0, 0.1) is 0 Å². The van der Waals surface area contributed by atoms with Crippen LogP contribution >= 0.6 is 0 Å². The molecule has 0 aliphatic heterocycles. The predicted molar refractivity (Wildman–Crippen MR) is 74.5 cm³/mol. The van der Waals surface area contributed by atoms with Crippen LogP contribution in [-0.4, -0.2) is 48.8 Å². The summed E-state index contributed by atoms with van der Waals surface area (Å²) in [6, 6.07) is 8.87. The molecule has 1 aromatic rings. The summed E-state index contributed by atoms with van der Waals surface area (Å²) in [7, 11) is 1.50. The molecule has 1 aromatic carbocycles. The number of urea groups is 1. The molecule has 0 bridgehead atoms. The van der Waals surface area contributed by atoms with E-state index in [1.54, 1.807) is 0 Å². The summed E-state index contributed by atoms with van der Waals surface area (Å²) in [5, 5.41) is 11.6. The monoisotopic (exact) mass is 280 g/mol. The lowest BCUT2D eigenvalue weighted by atomic mass is 10.1. The molecule has 0 saturated heterocycles. The second kappa shape index (κ2) is 8.16. The lowest BCUT2D eigenvalue weighted by Gasteiger charge is -2.23. The Morgan fingerprint density at radius 3 is 2.55 bits per heavy atom. The Kier molecular flexibility index (Phi) is 6.52. The van der Waals surface area contributed by atoms with Crippen molar-refractivity contribution in [3.8, 4) is 0 Å². The Bertz CT molecular complexity index is 436. The maximum absolute atomic E-state index is 12.1. The van der Waals surface area contributed by atoms with Gasteiger partial charge in [-0.3, -0.25) is 4.79 Å². The number of nitrogens with zero attached hydrogens (tertiary/aromatic N) is 1. The molecule has 0 heterocycles. The normalized spacial score (nSPS) is 11.7. The first kappa shape index (κ1) is 16.0. The lowest BCUT2D eigenvalue weighted by Crippen LogP contribution is -2.45. The summed E-state index contributed by atoms with van der Waals surface area (Å²) in [6.45, 7) is 2.02. The number of hydrogen-bond donors (Lipinski definition) is 2. The molecule has 6 nitrogen and oxygen atoms in total. The molecule has 20 heavy (non-hydrogen) atoms. The summed E-state index contributed by atoms with van der Waals surface area (Å²) >= 11 is 0. The Morgan fingerprint density at radius 1 is 1.35 bits per heavy atom. The first-order chi connectivity index (χ1) is 9.54. The fourth-order valence-corrected chi connectivity index (χ4v) is 1.72. The highest BCUT2D eigenvalue weighted by molar-refractivity contribution is 5.80. The van der Waals surface area contributed by atoms with Gasteiger partial charge in [0.05, 0.1) is 12.6 Å². The third-order valence-electron chi connectivity index (χ3n) is 2.82. The first-order valence-electron chi connectivity index (χ1n) is 6.35. The topological polar surface area (TPSA) is 78.9 Å². The maximum Gasteiger partial charge on any atom is 0.323 e. The number of ether oxygens (including phenoxy) is 1. The summed E-state index contributed by atoms with van der Waals surface area (Å²) in [5.41, 5.74) is 0.961. The van der Waals surface area contributed by atoms with E-state index >= 15 is 0 Å². The summed E-state index contributed by atoms with van der Waals surface area (Å²) in [5.74, 6) is -1.05. The highest BCUT2D eigenvalue weighted by Crippen LogP contribution is 2.11.